The third-order valence-electron chi connectivity index (χ3n) is 3.05. The Bertz CT molecular complexity index is 378. The quantitative estimate of drug-likeness (QED) is 0.866. The number of para-hydroxylation sites is 1. The molecule has 2 rings (SSSR count). The number of amides is 1. The van der Waals surface area contributed by atoms with Crippen molar-refractivity contribution in [2.45, 2.75) is 45.3 Å². The van der Waals surface area contributed by atoms with Crippen LogP contribution in [0.25, 0.3) is 0 Å². The van der Waals surface area contributed by atoms with Gasteiger partial charge in [0.25, 0.3) is 5.91 Å². The summed E-state index contributed by atoms with van der Waals surface area (Å²) in [6.07, 6.45) is 2.41. The highest BCUT2D eigenvalue weighted by Gasteiger charge is 2.29. The van der Waals surface area contributed by atoms with E-state index in [0.29, 0.717) is 6.42 Å². The maximum atomic E-state index is 12.0. The Balaban J connectivity index is 1.92. The van der Waals surface area contributed by atoms with Gasteiger partial charge in [0, 0.05) is 12.5 Å². The molecular weight excluding hydrogens is 214 g/mol. The molecule has 0 spiro atoms. The summed E-state index contributed by atoms with van der Waals surface area (Å²) in [6, 6.07) is 8.05. The minimum Gasteiger partial charge on any atom is -0.480 e. The standard InChI is InChI=1S/C14H19NO2/c1-3-6-10(2)15-14(16)13-9-11-7-4-5-8-12(11)17-13/h4-5,7-8,10,13H,3,6,9H2,1-2H3,(H,15,16)/t10-,13+/m1/s1. The van der Waals surface area contributed by atoms with Crippen LogP contribution in [0.4, 0.5) is 0 Å². The van der Waals surface area contributed by atoms with Crippen LogP contribution in [0.5, 0.6) is 5.75 Å². The van der Waals surface area contributed by atoms with Crippen LogP contribution in [0.2, 0.25) is 0 Å². The van der Waals surface area contributed by atoms with Crippen LogP contribution in [0.3, 0.4) is 0 Å². The molecule has 2 atom stereocenters. The number of hydrogen-bond donors (Lipinski definition) is 1. The Morgan fingerprint density at radius 2 is 2.29 bits per heavy atom. The molecule has 17 heavy (non-hydrogen) atoms. The van der Waals surface area contributed by atoms with E-state index in [2.05, 4.69) is 12.2 Å². The van der Waals surface area contributed by atoms with E-state index in [1.807, 2.05) is 31.2 Å². The van der Waals surface area contributed by atoms with Gasteiger partial charge in [-0.1, -0.05) is 31.5 Å². The van der Waals surface area contributed by atoms with Crippen LogP contribution in [0.15, 0.2) is 24.3 Å². The number of benzene rings is 1. The molecule has 0 unspecified atom stereocenters. The number of carbonyl (C=O) groups is 1. The van der Waals surface area contributed by atoms with Gasteiger partial charge < -0.3 is 10.1 Å². The molecule has 1 amide bonds. The van der Waals surface area contributed by atoms with E-state index in [9.17, 15) is 4.79 Å². The first kappa shape index (κ1) is 12.0. The van der Waals surface area contributed by atoms with Crippen LogP contribution in [-0.2, 0) is 11.2 Å². The third kappa shape index (κ3) is 2.78. The lowest BCUT2D eigenvalue weighted by molar-refractivity contribution is -0.127. The molecule has 1 aromatic carbocycles. The third-order valence-corrected chi connectivity index (χ3v) is 3.05. The van der Waals surface area contributed by atoms with Crippen molar-refractivity contribution >= 4 is 5.91 Å². The van der Waals surface area contributed by atoms with Gasteiger partial charge in [0.1, 0.15) is 5.75 Å². The summed E-state index contributed by atoms with van der Waals surface area (Å²) in [5, 5.41) is 2.99. The number of nitrogens with one attached hydrogen (secondary N) is 1. The molecule has 0 saturated heterocycles. The average Bonchev–Trinajstić information content (AvgIpc) is 2.72. The number of ether oxygens (including phenoxy) is 1. The Hall–Kier alpha value is -1.51. The number of fused-ring (bicyclic) bond motifs is 1. The second-order valence-corrected chi connectivity index (χ2v) is 4.62. The number of hydrogen-bond acceptors (Lipinski definition) is 2. The summed E-state index contributed by atoms with van der Waals surface area (Å²) in [6.45, 7) is 4.15. The van der Waals surface area contributed by atoms with Crippen LogP contribution in [0, 0.1) is 0 Å². The van der Waals surface area contributed by atoms with Crippen molar-refractivity contribution in [3.05, 3.63) is 29.8 Å². The minimum absolute atomic E-state index is 0.00199. The van der Waals surface area contributed by atoms with Gasteiger partial charge in [0.15, 0.2) is 6.10 Å². The molecule has 1 N–H and O–H groups in total. The summed E-state index contributed by atoms with van der Waals surface area (Å²) in [4.78, 5) is 12.0. The van der Waals surface area contributed by atoms with Gasteiger partial charge >= 0.3 is 0 Å². The monoisotopic (exact) mass is 233 g/mol. The molecular formula is C14H19NO2. The predicted molar refractivity (Wildman–Crippen MR) is 67.1 cm³/mol. The van der Waals surface area contributed by atoms with Crippen LogP contribution in [0.1, 0.15) is 32.3 Å². The Morgan fingerprint density at radius 3 is 3.00 bits per heavy atom. The molecule has 0 bridgehead atoms. The normalized spacial score (nSPS) is 19.3. The molecule has 3 heteroatoms. The smallest absolute Gasteiger partial charge is 0.261 e. The lowest BCUT2D eigenvalue weighted by Crippen LogP contribution is -2.42. The lowest BCUT2D eigenvalue weighted by atomic mass is 10.1. The van der Waals surface area contributed by atoms with Crippen molar-refractivity contribution in [2.75, 3.05) is 0 Å². The van der Waals surface area contributed by atoms with E-state index in [-0.39, 0.29) is 18.1 Å². The fraction of sp³-hybridized carbons (Fsp3) is 0.500. The number of carbonyl (C=O) groups excluding carboxylic acids is 1. The fourth-order valence-electron chi connectivity index (χ4n) is 2.17. The second kappa shape index (κ2) is 5.21. The highest BCUT2D eigenvalue weighted by atomic mass is 16.5. The fourth-order valence-corrected chi connectivity index (χ4v) is 2.17. The molecule has 1 aromatic rings. The van der Waals surface area contributed by atoms with Crippen LogP contribution in [-0.4, -0.2) is 18.1 Å². The topological polar surface area (TPSA) is 38.3 Å². The van der Waals surface area contributed by atoms with Crippen LogP contribution >= 0.6 is 0 Å². The summed E-state index contributed by atoms with van der Waals surface area (Å²) in [7, 11) is 0. The molecule has 1 aliphatic rings. The van der Waals surface area contributed by atoms with Crippen molar-refractivity contribution in [3.63, 3.8) is 0 Å². The van der Waals surface area contributed by atoms with Gasteiger partial charge in [-0.25, -0.2) is 0 Å². The average molecular weight is 233 g/mol. The van der Waals surface area contributed by atoms with Crippen molar-refractivity contribution in [3.8, 4) is 5.75 Å². The van der Waals surface area contributed by atoms with Gasteiger partial charge in [0.05, 0.1) is 0 Å². The Kier molecular flexibility index (Phi) is 3.67. The zero-order valence-electron chi connectivity index (χ0n) is 10.4. The maximum Gasteiger partial charge on any atom is 0.261 e. The molecule has 0 aliphatic carbocycles. The van der Waals surface area contributed by atoms with E-state index in [1.54, 1.807) is 0 Å². The summed E-state index contributed by atoms with van der Waals surface area (Å²) in [5.74, 6) is 0.845. The van der Waals surface area contributed by atoms with Gasteiger partial charge in [-0.05, 0) is 25.0 Å². The largest absolute Gasteiger partial charge is 0.480 e. The molecule has 0 radical (unpaired) electrons. The highest BCUT2D eigenvalue weighted by molar-refractivity contribution is 5.82. The van der Waals surface area contributed by atoms with Crippen molar-refractivity contribution in [1.82, 2.24) is 5.32 Å². The van der Waals surface area contributed by atoms with E-state index in [4.69, 9.17) is 4.74 Å². The van der Waals surface area contributed by atoms with E-state index >= 15 is 0 Å². The summed E-state index contributed by atoms with van der Waals surface area (Å²) in [5.41, 5.74) is 1.12. The molecule has 1 aliphatic heterocycles. The first-order valence-corrected chi connectivity index (χ1v) is 6.25. The lowest BCUT2D eigenvalue weighted by Gasteiger charge is -2.16. The zero-order chi connectivity index (χ0) is 12.3. The van der Waals surface area contributed by atoms with E-state index in [1.165, 1.54) is 0 Å². The molecule has 0 aromatic heterocycles. The summed E-state index contributed by atoms with van der Waals surface area (Å²) < 4.78 is 5.64. The highest BCUT2D eigenvalue weighted by Crippen LogP contribution is 2.28. The molecule has 0 fully saturated rings. The molecule has 92 valence electrons. The predicted octanol–water partition coefficient (Wildman–Crippen LogP) is 2.29. The molecule has 1 heterocycles. The molecule has 0 saturated carbocycles. The van der Waals surface area contributed by atoms with Gasteiger partial charge in [0.2, 0.25) is 0 Å². The van der Waals surface area contributed by atoms with Crippen LogP contribution < -0.4 is 10.1 Å². The first-order chi connectivity index (χ1) is 8.20. The van der Waals surface area contributed by atoms with Crippen molar-refractivity contribution in [2.24, 2.45) is 0 Å². The second-order valence-electron chi connectivity index (χ2n) is 4.62. The summed E-state index contributed by atoms with van der Waals surface area (Å²) >= 11 is 0. The van der Waals surface area contributed by atoms with E-state index in [0.717, 1.165) is 24.2 Å². The number of rotatable bonds is 4. The van der Waals surface area contributed by atoms with Gasteiger partial charge in [-0.15, -0.1) is 0 Å². The van der Waals surface area contributed by atoms with Gasteiger partial charge in [-0.3, -0.25) is 4.79 Å². The van der Waals surface area contributed by atoms with Crippen molar-refractivity contribution in [1.29, 1.82) is 0 Å². The SMILES string of the molecule is CCC[C@@H](C)NC(=O)[C@@H]1Cc2ccccc2O1. The molecule has 3 nitrogen and oxygen atoms in total. The Labute approximate surface area is 102 Å². The van der Waals surface area contributed by atoms with Crippen molar-refractivity contribution < 1.29 is 9.53 Å². The Morgan fingerprint density at radius 1 is 1.53 bits per heavy atom. The minimum atomic E-state index is -0.355. The van der Waals surface area contributed by atoms with E-state index < -0.39 is 0 Å². The maximum absolute atomic E-state index is 12.0. The zero-order valence-corrected chi connectivity index (χ0v) is 10.4. The first-order valence-electron chi connectivity index (χ1n) is 6.25. The van der Waals surface area contributed by atoms with Gasteiger partial charge in [-0.2, -0.15) is 0 Å².